The monoisotopic (exact) mass is 365 g/mol. The Balaban J connectivity index is 2.35. The third-order valence-corrected chi connectivity index (χ3v) is 4.21. The van der Waals surface area contributed by atoms with E-state index in [-0.39, 0.29) is 6.54 Å². The molecule has 10 heteroatoms. The molecule has 0 radical (unpaired) electrons. The maximum atomic E-state index is 12.7. The Labute approximate surface area is 148 Å². The van der Waals surface area contributed by atoms with E-state index in [2.05, 4.69) is 0 Å². The molecule has 1 aromatic rings. The molecule has 1 heterocycles. The molecule has 0 spiro atoms. The smallest absolute Gasteiger partial charge is 0.314 e. The van der Waals surface area contributed by atoms with Crippen LogP contribution in [-0.2, 0) is 16.0 Å². The second-order valence-corrected chi connectivity index (χ2v) is 5.99. The highest BCUT2D eigenvalue weighted by molar-refractivity contribution is 5.97. The highest BCUT2D eigenvalue weighted by Crippen LogP contribution is 2.24. The number of carboxylic acids is 1. The minimum atomic E-state index is -1.93. The summed E-state index contributed by atoms with van der Waals surface area (Å²) >= 11 is 0. The van der Waals surface area contributed by atoms with E-state index >= 15 is 0 Å². The predicted molar refractivity (Wildman–Crippen MR) is 87.8 cm³/mol. The van der Waals surface area contributed by atoms with Crippen LogP contribution in [0.4, 0.5) is 0 Å². The number of rotatable bonds is 7. The summed E-state index contributed by atoms with van der Waals surface area (Å²) in [5.74, 6) is -2.59. The molecule has 0 fully saturated rings. The van der Waals surface area contributed by atoms with Crippen LogP contribution >= 0.6 is 0 Å². The van der Waals surface area contributed by atoms with E-state index in [0.29, 0.717) is 12.0 Å². The number of nitro groups is 1. The molecule has 3 unspecified atom stereocenters. The third kappa shape index (κ3) is 4.14. The molecule has 0 saturated heterocycles. The third-order valence-electron chi connectivity index (χ3n) is 4.21. The Morgan fingerprint density at radius 3 is 2.62 bits per heavy atom. The summed E-state index contributed by atoms with van der Waals surface area (Å²) in [7, 11) is 0. The van der Waals surface area contributed by atoms with Gasteiger partial charge in [0.1, 0.15) is 0 Å². The van der Waals surface area contributed by atoms with Gasteiger partial charge in [0.05, 0.1) is 12.5 Å². The summed E-state index contributed by atoms with van der Waals surface area (Å²) in [6.07, 6.45) is -4.09. The zero-order valence-electron chi connectivity index (χ0n) is 14.0. The average molecular weight is 365 g/mol. The molecule has 0 aliphatic carbocycles. The van der Waals surface area contributed by atoms with Crippen molar-refractivity contribution in [2.75, 3.05) is 6.54 Å². The van der Waals surface area contributed by atoms with Crippen LogP contribution in [0.5, 0.6) is 0 Å². The zero-order valence-corrected chi connectivity index (χ0v) is 14.0. The molecule has 0 aromatic heterocycles. The standard InChI is InChI=1S/C16H19N3O7/c1-9(20)17-15(19(25)26)14(23)12(8-13(21)22)18-7-6-10-4-2-3-5-11(10)16(18)24/h2-5,12,14-15,23H,6-8H2,1H3,(H,17,20)(H,21,22). The Morgan fingerprint density at radius 1 is 1.38 bits per heavy atom. The van der Waals surface area contributed by atoms with E-state index in [4.69, 9.17) is 5.11 Å². The van der Waals surface area contributed by atoms with Crippen molar-refractivity contribution in [2.24, 2.45) is 0 Å². The van der Waals surface area contributed by atoms with Gasteiger partial charge in [-0.1, -0.05) is 18.2 Å². The molecule has 3 N–H and O–H groups in total. The lowest BCUT2D eigenvalue weighted by Crippen LogP contribution is -2.59. The maximum absolute atomic E-state index is 12.7. The van der Waals surface area contributed by atoms with Crippen LogP contribution in [0.3, 0.4) is 0 Å². The van der Waals surface area contributed by atoms with Crippen molar-refractivity contribution in [2.45, 2.75) is 38.1 Å². The molecule has 1 aliphatic rings. The quantitative estimate of drug-likeness (QED) is 0.339. The van der Waals surface area contributed by atoms with Crippen molar-refractivity contribution in [1.29, 1.82) is 0 Å². The first kappa shape index (κ1) is 19.3. The predicted octanol–water partition coefficient (Wildman–Crippen LogP) is -0.372. The van der Waals surface area contributed by atoms with Gasteiger partial charge in [0.2, 0.25) is 5.91 Å². The van der Waals surface area contributed by atoms with Crippen LogP contribution in [-0.4, -0.2) is 62.7 Å². The van der Waals surface area contributed by atoms with Crippen LogP contribution in [0.25, 0.3) is 0 Å². The zero-order chi connectivity index (χ0) is 19.4. The number of hydrogen-bond acceptors (Lipinski definition) is 6. The highest BCUT2D eigenvalue weighted by atomic mass is 16.6. The molecule has 1 aliphatic heterocycles. The summed E-state index contributed by atoms with van der Waals surface area (Å²) < 4.78 is 0. The van der Waals surface area contributed by atoms with Crippen molar-refractivity contribution >= 4 is 17.8 Å². The Kier molecular flexibility index (Phi) is 5.88. The van der Waals surface area contributed by atoms with Crippen molar-refractivity contribution in [3.8, 4) is 0 Å². The normalized spacial score (nSPS) is 17.0. The SMILES string of the molecule is CC(=O)NC(C(O)C(CC(=O)O)N1CCc2ccccc2C1=O)[N+](=O)[O-]. The van der Waals surface area contributed by atoms with Crippen LogP contribution in [0.2, 0.25) is 0 Å². The van der Waals surface area contributed by atoms with Gasteiger partial charge in [-0.05, 0) is 18.1 Å². The van der Waals surface area contributed by atoms with Gasteiger partial charge in [0.25, 0.3) is 5.91 Å². The number of carbonyl (C=O) groups excluding carboxylic acids is 2. The average Bonchev–Trinajstić information content (AvgIpc) is 2.57. The van der Waals surface area contributed by atoms with Crippen LogP contribution in [0.15, 0.2) is 24.3 Å². The van der Waals surface area contributed by atoms with Gasteiger partial charge in [-0.3, -0.25) is 29.8 Å². The van der Waals surface area contributed by atoms with Gasteiger partial charge in [0, 0.05) is 24.0 Å². The van der Waals surface area contributed by atoms with Crippen LogP contribution < -0.4 is 5.32 Å². The first-order valence-corrected chi connectivity index (χ1v) is 7.91. The Morgan fingerprint density at radius 2 is 2.04 bits per heavy atom. The molecular weight excluding hydrogens is 346 g/mol. The molecule has 26 heavy (non-hydrogen) atoms. The lowest BCUT2D eigenvalue weighted by Gasteiger charge is -2.37. The van der Waals surface area contributed by atoms with Gasteiger partial charge in [0.15, 0.2) is 6.10 Å². The molecule has 10 nitrogen and oxygen atoms in total. The van der Waals surface area contributed by atoms with Gasteiger partial charge < -0.3 is 15.1 Å². The number of fused-ring (bicyclic) bond motifs is 1. The number of aliphatic hydroxyl groups is 1. The lowest BCUT2D eigenvalue weighted by molar-refractivity contribution is -0.540. The van der Waals surface area contributed by atoms with E-state index in [1.807, 2.05) is 5.32 Å². The van der Waals surface area contributed by atoms with E-state index < -0.39 is 47.4 Å². The van der Waals surface area contributed by atoms with Crippen LogP contribution in [0, 0.1) is 10.1 Å². The molecule has 2 rings (SSSR count). The fourth-order valence-corrected chi connectivity index (χ4v) is 3.04. The van der Waals surface area contributed by atoms with Gasteiger partial charge in [-0.15, -0.1) is 0 Å². The number of nitrogens with zero attached hydrogens (tertiary/aromatic N) is 2. The van der Waals surface area contributed by atoms with Gasteiger partial charge >= 0.3 is 12.1 Å². The Bertz CT molecular complexity index is 736. The highest BCUT2D eigenvalue weighted by Gasteiger charge is 2.43. The van der Waals surface area contributed by atoms with Gasteiger partial charge in [-0.25, -0.2) is 0 Å². The molecule has 2 amide bonds. The molecule has 0 saturated carbocycles. The minimum Gasteiger partial charge on any atom is -0.481 e. The van der Waals surface area contributed by atoms with Gasteiger partial charge in [-0.2, -0.15) is 0 Å². The van der Waals surface area contributed by atoms with Crippen molar-refractivity contribution < 1.29 is 29.5 Å². The molecule has 140 valence electrons. The van der Waals surface area contributed by atoms with Crippen molar-refractivity contribution in [1.82, 2.24) is 10.2 Å². The number of nitrogens with one attached hydrogen (secondary N) is 1. The second kappa shape index (κ2) is 7.91. The molecule has 1 aromatic carbocycles. The van der Waals surface area contributed by atoms with E-state index in [9.17, 15) is 29.6 Å². The van der Waals surface area contributed by atoms with Crippen molar-refractivity contribution in [3.63, 3.8) is 0 Å². The minimum absolute atomic E-state index is 0.107. The maximum Gasteiger partial charge on any atom is 0.314 e. The van der Waals surface area contributed by atoms with Crippen molar-refractivity contribution in [3.05, 3.63) is 45.5 Å². The number of benzene rings is 1. The molecular formula is C16H19N3O7. The fourth-order valence-electron chi connectivity index (χ4n) is 3.04. The van der Waals surface area contributed by atoms with E-state index in [0.717, 1.165) is 17.4 Å². The van der Waals surface area contributed by atoms with E-state index in [1.54, 1.807) is 24.3 Å². The summed E-state index contributed by atoms with van der Waals surface area (Å²) in [4.78, 5) is 46.5. The number of carboxylic acid groups (broad SMARTS) is 1. The first-order valence-electron chi connectivity index (χ1n) is 7.91. The number of aliphatic carboxylic acids is 1. The number of hydrogen-bond donors (Lipinski definition) is 3. The fraction of sp³-hybridized carbons (Fsp3) is 0.438. The molecule has 0 bridgehead atoms. The summed E-state index contributed by atoms with van der Waals surface area (Å²) in [6.45, 7) is 1.15. The van der Waals surface area contributed by atoms with Crippen LogP contribution in [0.1, 0.15) is 29.3 Å². The summed E-state index contributed by atoms with van der Waals surface area (Å²) in [5.41, 5.74) is 1.14. The topological polar surface area (TPSA) is 150 Å². The first-order chi connectivity index (χ1) is 12.2. The second-order valence-electron chi connectivity index (χ2n) is 5.99. The van der Waals surface area contributed by atoms with E-state index in [1.165, 1.54) is 0 Å². The summed E-state index contributed by atoms with van der Waals surface area (Å²) in [6, 6.07) is 5.40. The number of aliphatic hydroxyl groups excluding tert-OH is 1. The summed E-state index contributed by atoms with van der Waals surface area (Å²) in [5, 5.41) is 32.8. The number of amides is 2. The Hall–Kier alpha value is -3.01. The lowest BCUT2D eigenvalue weighted by atomic mass is 9.94. The number of carbonyl (C=O) groups is 3. The largest absolute Gasteiger partial charge is 0.481 e. The molecule has 3 atom stereocenters.